The Balaban J connectivity index is 1.54. The first-order chi connectivity index (χ1) is 10.7. The summed E-state index contributed by atoms with van der Waals surface area (Å²) >= 11 is 0. The zero-order valence-corrected chi connectivity index (χ0v) is 12.2. The maximum atomic E-state index is 12.3. The van der Waals surface area contributed by atoms with E-state index in [2.05, 4.69) is 20.5 Å². The van der Waals surface area contributed by atoms with Gasteiger partial charge in [0.1, 0.15) is 11.6 Å². The fourth-order valence-corrected chi connectivity index (χ4v) is 2.59. The Hall–Kier alpha value is -2.57. The zero-order valence-electron chi connectivity index (χ0n) is 12.2. The Morgan fingerprint density at radius 2 is 2.32 bits per heavy atom. The second-order valence-electron chi connectivity index (χ2n) is 5.33. The van der Waals surface area contributed by atoms with E-state index in [9.17, 15) is 4.79 Å². The minimum absolute atomic E-state index is 0.0489. The van der Waals surface area contributed by atoms with Crippen molar-refractivity contribution in [3.63, 3.8) is 0 Å². The molecule has 0 saturated carbocycles. The summed E-state index contributed by atoms with van der Waals surface area (Å²) in [5.41, 5.74) is 6.52. The van der Waals surface area contributed by atoms with Crippen LogP contribution in [0, 0.1) is 5.92 Å². The van der Waals surface area contributed by atoms with Crippen molar-refractivity contribution in [3.8, 4) is 5.75 Å². The average Bonchev–Trinajstić information content (AvgIpc) is 2.81. The molecule has 0 spiro atoms. The summed E-state index contributed by atoms with van der Waals surface area (Å²) in [7, 11) is 0. The largest absolute Gasteiger partial charge is 0.493 e. The Labute approximate surface area is 128 Å². The van der Waals surface area contributed by atoms with Gasteiger partial charge in [-0.15, -0.1) is 5.10 Å². The molecule has 22 heavy (non-hydrogen) atoms. The molecule has 4 N–H and O–H groups in total. The number of hydrogen-bond donors (Lipinski definition) is 3. The number of fused-ring (bicyclic) bond motifs is 1. The molecule has 1 aromatic carbocycles. The first kappa shape index (κ1) is 14.4. The maximum Gasteiger partial charge on any atom is 0.239 e. The van der Waals surface area contributed by atoms with Crippen LogP contribution in [0.25, 0.3) is 0 Å². The third kappa shape index (κ3) is 3.36. The number of carbonyl (C=O) groups is 1. The first-order valence-corrected chi connectivity index (χ1v) is 7.37. The second-order valence-corrected chi connectivity index (χ2v) is 5.33. The quantitative estimate of drug-likeness (QED) is 0.770. The normalized spacial score (nSPS) is 17.2. The Morgan fingerprint density at radius 1 is 1.45 bits per heavy atom. The number of benzene rings is 1. The van der Waals surface area contributed by atoms with Gasteiger partial charge in [0, 0.05) is 18.9 Å². The molecule has 7 nitrogen and oxygen atoms in total. The van der Waals surface area contributed by atoms with Gasteiger partial charge in [-0.1, -0.05) is 18.2 Å². The number of nitrogens with zero attached hydrogens (tertiary/aromatic N) is 2. The van der Waals surface area contributed by atoms with Crippen LogP contribution in [0.3, 0.4) is 0 Å². The summed E-state index contributed by atoms with van der Waals surface area (Å²) in [5.74, 6) is 1.76. The van der Waals surface area contributed by atoms with Crippen LogP contribution in [0.5, 0.6) is 5.75 Å². The summed E-state index contributed by atoms with van der Waals surface area (Å²) in [4.78, 5) is 16.3. The molecule has 1 atom stereocenters. The Morgan fingerprint density at radius 3 is 3.14 bits per heavy atom. The van der Waals surface area contributed by atoms with Crippen molar-refractivity contribution >= 4 is 11.9 Å². The van der Waals surface area contributed by atoms with E-state index in [0.717, 1.165) is 17.7 Å². The summed E-state index contributed by atoms with van der Waals surface area (Å²) in [6.45, 7) is 1.07. The smallest absolute Gasteiger partial charge is 0.239 e. The molecule has 7 heteroatoms. The van der Waals surface area contributed by atoms with Crippen LogP contribution in [0.4, 0.5) is 5.95 Å². The van der Waals surface area contributed by atoms with Crippen molar-refractivity contribution in [2.24, 2.45) is 5.92 Å². The van der Waals surface area contributed by atoms with Gasteiger partial charge in [0.2, 0.25) is 11.9 Å². The van der Waals surface area contributed by atoms with Crippen molar-refractivity contribution in [3.05, 3.63) is 35.7 Å². The minimum Gasteiger partial charge on any atom is -0.493 e. The molecule has 1 aliphatic rings. The molecule has 0 aliphatic carbocycles. The molecule has 2 heterocycles. The highest BCUT2D eigenvalue weighted by Gasteiger charge is 2.23. The van der Waals surface area contributed by atoms with Crippen LogP contribution in [-0.4, -0.2) is 34.2 Å². The third-order valence-electron chi connectivity index (χ3n) is 3.74. The van der Waals surface area contributed by atoms with E-state index in [1.807, 2.05) is 24.3 Å². The second kappa shape index (κ2) is 6.46. The molecule has 0 saturated heterocycles. The lowest BCUT2D eigenvalue weighted by molar-refractivity contribution is -0.125. The zero-order chi connectivity index (χ0) is 15.4. The number of anilines is 1. The van der Waals surface area contributed by atoms with E-state index >= 15 is 0 Å². The number of nitrogens with two attached hydrogens (primary N) is 1. The molecule has 1 aliphatic heterocycles. The van der Waals surface area contributed by atoms with Crippen molar-refractivity contribution < 1.29 is 9.53 Å². The molecule has 0 bridgehead atoms. The molecule has 2 aromatic rings. The van der Waals surface area contributed by atoms with Gasteiger partial charge in [-0.05, 0) is 24.5 Å². The standard InChI is InChI=1S/C15H19N5O2/c16-15-18-13(19-20-15)5-7-17-14(21)11-6-8-22-12-4-2-1-3-10(12)9-11/h1-4,11H,5-9H2,(H,17,21)(H3,16,18,19,20). The number of aromatic amines is 1. The number of carbonyl (C=O) groups excluding carboxylic acids is 1. The highest BCUT2D eigenvalue weighted by Crippen LogP contribution is 2.26. The number of amides is 1. The SMILES string of the molecule is Nc1n[nH]c(CCNC(=O)C2CCOc3ccccc3C2)n1. The fraction of sp³-hybridized carbons (Fsp3) is 0.400. The highest BCUT2D eigenvalue weighted by molar-refractivity contribution is 5.79. The summed E-state index contributed by atoms with van der Waals surface area (Å²) < 4.78 is 5.69. The minimum atomic E-state index is -0.0663. The Bertz CT molecular complexity index is 655. The molecule has 3 rings (SSSR count). The predicted octanol–water partition coefficient (Wildman–Crippen LogP) is 0.687. The molecule has 0 radical (unpaired) electrons. The molecule has 1 unspecified atom stereocenters. The van der Waals surface area contributed by atoms with Crippen LogP contribution < -0.4 is 15.8 Å². The average molecular weight is 301 g/mol. The topological polar surface area (TPSA) is 106 Å². The van der Waals surface area contributed by atoms with E-state index in [1.165, 1.54) is 0 Å². The fourth-order valence-electron chi connectivity index (χ4n) is 2.59. The van der Waals surface area contributed by atoms with Crippen LogP contribution in [0.15, 0.2) is 24.3 Å². The lowest BCUT2D eigenvalue weighted by Gasteiger charge is -2.13. The highest BCUT2D eigenvalue weighted by atomic mass is 16.5. The third-order valence-corrected chi connectivity index (χ3v) is 3.74. The molecular weight excluding hydrogens is 282 g/mol. The van der Waals surface area contributed by atoms with Crippen molar-refractivity contribution in [1.29, 1.82) is 0 Å². The summed E-state index contributed by atoms with van der Waals surface area (Å²) in [5, 5.41) is 9.42. The van der Waals surface area contributed by atoms with E-state index in [0.29, 0.717) is 31.8 Å². The monoisotopic (exact) mass is 301 g/mol. The lowest BCUT2D eigenvalue weighted by atomic mass is 9.96. The van der Waals surface area contributed by atoms with Crippen LogP contribution in [0.1, 0.15) is 17.8 Å². The number of nitrogen functional groups attached to an aromatic ring is 1. The van der Waals surface area contributed by atoms with Gasteiger partial charge >= 0.3 is 0 Å². The Kier molecular flexibility index (Phi) is 4.22. The van der Waals surface area contributed by atoms with Gasteiger partial charge < -0.3 is 15.8 Å². The number of rotatable bonds is 4. The number of nitrogens with one attached hydrogen (secondary N) is 2. The van der Waals surface area contributed by atoms with E-state index in [4.69, 9.17) is 10.5 Å². The number of para-hydroxylation sites is 1. The van der Waals surface area contributed by atoms with Crippen LogP contribution in [-0.2, 0) is 17.6 Å². The van der Waals surface area contributed by atoms with Crippen molar-refractivity contribution in [1.82, 2.24) is 20.5 Å². The maximum absolute atomic E-state index is 12.3. The lowest BCUT2D eigenvalue weighted by Crippen LogP contribution is -2.33. The van der Waals surface area contributed by atoms with Crippen molar-refractivity contribution in [2.45, 2.75) is 19.3 Å². The van der Waals surface area contributed by atoms with Gasteiger partial charge in [0.05, 0.1) is 6.61 Å². The van der Waals surface area contributed by atoms with Gasteiger partial charge in [-0.25, -0.2) is 0 Å². The molecule has 0 fully saturated rings. The predicted molar refractivity (Wildman–Crippen MR) is 81.3 cm³/mol. The first-order valence-electron chi connectivity index (χ1n) is 7.37. The summed E-state index contributed by atoms with van der Waals surface area (Å²) in [6, 6.07) is 7.88. The number of hydrogen-bond acceptors (Lipinski definition) is 5. The van der Waals surface area contributed by atoms with Crippen molar-refractivity contribution in [2.75, 3.05) is 18.9 Å². The van der Waals surface area contributed by atoms with Gasteiger partial charge in [-0.3, -0.25) is 9.89 Å². The van der Waals surface area contributed by atoms with Gasteiger partial charge in [0.25, 0.3) is 0 Å². The van der Waals surface area contributed by atoms with E-state index in [1.54, 1.807) is 0 Å². The van der Waals surface area contributed by atoms with Crippen LogP contribution >= 0.6 is 0 Å². The van der Waals surface area contributed by atoms with Crippen LogP contribution in [0.2, 0.25) is 0 Å². The summed E-state index contributed by atoms with van der Waals surface area (Å²) in [6.07, 6.45) is 2.00. The molecule has 1 aromatic heterocycles. The van der Waals surface area contributed by atoms with E-state index in [-0.39, 0.29) is 17.8 Å². The van der Waals surface area contributed by atoms with Gasteiger partial charge in [0.15, 0.2) is 0 Å². The van der Waals surface area contributed by atoms with E-state index < -0.39 is 0 Å². The number of H-pyrrole nitrogens is 1. The van der Waals surface area contributed by atoms with Gasteiger partial charge in [-0.2, -0.15) is 4.98 Å². The molecule has 1 amide bonds. The number of ether oxygens (including phenoxy) is 1. The molecular formula is C15H19N5O2. The number of aromatic nitrogens is 3. The molecule has 116 valence electrons.